The summed E-state index contributed by atoms with van der Waals surface area (Å²) < 4.78 is 0. The number of amidine groups is 1. The van der Waals surface area contributed by atoms with Crippen molar-refractivity contribution in [3.05, 3.63) is 0 Å². The molecular formula is C5H10N2O2. The second-order valence-electron chi connectivity index (χ2n) is 1.79. The highest BCUT2D eigenvalue weighted by Crippen LogP contribution is 1.88. The Morgan fingerprint density at radius 3 is 2.56 bits per heavy atom. The highest BCUT2D eigenvalue weighted by molar-refractivity contribution is 5.85. The van der Waals surface area contributed by atoms with Gasteiger partial charge in [0.15, 0.2) is 0 Å². The van der Waals surface area contributed by atoms with E-state index >= 15 is 0 Å². The van der Waals surface area contributed by atoms with Crippen molar-refractivity contribution in [2.24, 2.45) is 10.9 Å². The maximum Gasteiger partial charge on any atom is 0.139 e. The highest BCUT2D eigenvalue weighted by atomic mass is 16.4. The Balaban J connectivity index is 3.39. The zero-order valence-electron chi connectivity index (χ0n) is 5.29. The van der Waals surface area contributed by atoms with E-state index < -0.39 is 0 Å². The number of nitrogens with zero attached hydrogens (tertiary/aromatic N) is 1. The molecule has 4 heteroatoms. The first-order valence-electron chi connectivity index (χ1n) is 2.62. The molecule has 0 atom stereocenters. The number of ketones is 1. The molecule has 0 rings (SSSR count). The standard InChI is InChI=1S/C5H10N2O2/c1-4(8)2-3-5(6)7-9/h9H,2-3H2,1H3,(H2,6,7). The van der Waals surface area contributed by atoms with Crippen molar-refractivity contribution in [3.63, 3.8) is 0 Å². The molecule has 0 spiro atoms. The van der Waals surface area contributed by atoms with Gasteiger partial charge in [0.05, 0.1) is 0 Å². The van der Waals surface area contributed by atoms with E-state index in [9.17, 15) is 4.79 Å². The van der Waals surface area contributed by atoms with E-state index in [0.29, 0.717) is 12.8 Å². The number of rotatable bonds is 3. The topological polar surface area (TPSA) is 75.7 Å². The average Bonchev–Trinajstić information content (AvgIpc) is 1.83. The van der Waals surface area contributed by atoms with Crippen LogP contribution in [0.15, 0.2) is 5.16 Å². The van der Waals surface area contributed by atoms with Crippen LogP contribution in [-0.2, 0) is 4.79 Å². The van der Waals surface area contributed by atoms with Crippen molar-refractivity contribution >= 4 is 11.6 Å². The Kier molecular flexibility index (Phi) is 3.43. The van der Waals surface area contributed by atoms with E-state index in [1.54, 1.807) is 0 Å². The maximum atomic E-state index is 10.3. The second kappa shape index (κ2) is 3.88. The molecule has 0 heterocycles. The summed E-state index contributed by atoms with van der Waals surface area (Å²) in [5, 5.41) is 10.7. The molecule has 0 saturated carbocycles. The molecule has 0 amide bonds. The van der Waals surface area contributed by atoms with Gasteiger partial charge in [0.2, 0.25) is 0 Å². The second-order valence-corrected chi connectivity index (χ2v) is 1.79. The molecule has 0 aliphatic heterocycles. The number of nitrogens with two attached hydrogens (primary N) is 1. The van der Waals surface area contributed by atoms with Crippen molar-refractivity contribution in [3.8, 4) is 0 Å². The van der Waals surface area contributed by atoms with Gasteiger partial charge in [-0.3, -0.25) is 0 Å². The summed E-state index contributed by atoms with van der Waals surface area (Å²) >= 11 is 0. The van der Waals surface area contributed by atoms with Crippen LogP contribution in [0.3, 0.4) is 0 Å². The fourth-order valence-electron chi connectivity index (χ4n) is 0.354. The third kappa shape index (κ3) is 4.80. The number of hydrogen-bond acceptors (Lipinski definition) is 3. The minimum absolute atomic E-state index is 0.0431. The number of carbonyl (C=O) groups excluding carboxylic acids is 1. The fraction of sp³-hybridized carbons (Fsp3) is 0.600. The van der Waals surface area contributed by atoms with Crippen LogP contribution in [0.4, 0.5) is 0 Å². The van der Waals surface area contributed by atoms with Crippen LogP contribution < -0.4 is 5.73 Å². The van der Waals surface area contributed by atoms with Gasteiger partial charge >= 0.3 is 0 Å². The van der Waals surface area contributed by atoms with Gasteiger partial charge < -0.3 is 15.7 Å². The SMILES string of the molecule is CC(=O)CCC(N)=NO. The summed E-state index contributed by atoms with van der Waals surface area (Å²) in [7, 11) is 0. The van der Waals surface area contributed by atoms with E-state index in [2.05, 4.69) is 5.16 Å². The number of carbonyl (C=O) groups is 1. The third-order valence-electron chi connectivity index (χ3n) is 0.862. The van der Waals surface area contributed by atoms with E-state index in [4.69, 9.17) is 10.9 Å². The van der Waals surface area contributed by atoms with E-state index in [0.717, 1.165) is 0 Å². The zero-order chi connectivity index (χ0) is 7.28. The Labute approximate surface area is 53.3 Å². The van der Waals surface area contributed by atoms with Gasteiger partial charge in [0.25, 0.3) is 0 Å². The minimum atomic E-state index is 0.0431. The van der Waals surface area contributed by atoms with Crippen LogP contribution in [0, 0.1) is 0 Å². The predicted molar refractivity (Wildman–Crippen MR) is 33.3 cm³/mol. The largest absolute Gasteiger partial charge is 0.409 e. The molecule has 0 aromatic carbocycles. The van der Waals surface area contributed by atoms with Crippen molar-refractivity contribution in [1.29, 1.82) is 0 Å². The quantitative estimate of drug-likeness (QED) is 0.246. The Morgan fingerprint density at radius 2 is 2.22 bits per heavy atom. The molecule has 0 aromatic heterocycles. The Morgan fingerprint density at radius 1 is 1.67 bits per heavy atom. The molecule has 9 heavy (non-hydrogen) atoms. The minimum Gasteiger partial charge on any atom is -0.409 e. The lowest BCUT2D eigenvalue weighted by molar-refractivity contribution is -0.116. The summed E-state index contributed by atoms with van der Waals surface area (Å²) in [6.07, 6.45) is 0.682. The van der Waals surface area contributed by atoms with Gasteiger partial charge in [-0.1, -0.05) is 5.16 Å². The average molecular weight is 130 g/mol. The van der Waals surface area contributed by atoms with Crippen LogP contribution in [0.1, 0.15) is 19.8 Å². The normalized spacial score (nSPS) is 11.4. The van der Waals surface area contributed by atoms with Gasteiger partial charge in [-0.05, 0) is 6.92 Å². The van der Waals surface area contributed by atoms with Crippen molar-refractivity contribution < 1.29 is 10.0 Å². The lowest BCUT2D eigenvalue weighted by Gasteiger charge is -1.91. The molecular weight excluding hydrogens is 120 g/mol. The number of hydrogen-bond donors (Lipinski definition) is 2. The maximum absolute atomic E-state index is 10.3. The van der Waals surface area contributed by atoms with Gasteiger partial charge in [-0.25, -0.2) is 0 Å². The molecule has 4 nitrogen and oxygen atoms in total. The monoisotopic (exact) mass is 130 g/mol. The molecule has 0 unspecified atom stereocenters. The van der Waals surface area contributed by atoms with Gasteiger partial charge in [-0.2, -0.15) is 0 Å². The lowest BCUT2D eigenvalue weighted by Crippen LogP contribution is -2.12. The zero-order valence-corrected chi connectivity index (χ0v) is 5.29. The van der Waals surface area contributed by atoms with Gasteiger partial charge in [0, 0.05) is 12.8 Å². The van der Waals surface area contributed by atoms with Gasteiger partial charge in [0.1, 0.15) is 11.6 Å². The van der Waals surface area contributed by atoms with E-state index in [-0.39, 0.29) is 11.6 Å². The molecule has 0 bridgehead atoms. The number of Topliss-reactive ketones (excluding diaryl/α,β-unsaturated/α-hetero) is 1. The summed E-state index contributed by atoms with van der Waals surface area (Å²) in [5.74, 6) is 0.145. The molecule has 52 valence electrons. The smallest absolute Gasteiger partial charge is 0.139 e. The first-order valence-corrected chi connectivity index (χ1v) is 2.62. The predicted octanol–water partition coefficient (Wildman–Crippen LogP) is 0.102. The number of oxime groups is 1. The van der Waals surface area contributed by atoms with E-state index in [1.807, 2.05) is 0 Å². The Bertz CT molecular complexity index is 131. The molecule has 0 radical (unpaired) electrons. The molecule has 0 aliphatic rings. The van der Waals surface area contributed by atoms with Crippen LogP contribution >= 0.6 is 0 Å². The summed E-state index contributed by atoms with van der Waals surface area (Å²) in [6, 6.07) is 0. The summed E-state index contributed by atoms with van der Waals surface area (Å²) in [6.45, 7) is 1.46. The highest BCUT2D eigenvalue weighted by Gasteiger charge is 1.95. The summed E-state index contributed by atoms with van der Waals surface area (Å²) in [5.41, 5.74) is 5.07. The van der Waals surface area contributed by atoms with Crippen molar-refractivity contribution in [2.75, 3.05) is 0 Å². The molecule has 0 saturated heterocycles. The van der Waals surface area contributed by atoms with Crippen LogP contribution in [0.2, 0.25) is 0 Å². The first kappa shape index (κ1) is 7.94. The lowest BCUT2D eigenvalue weighted by atomic mass is 10.2. The van der Waals surface area contributed by atoms with Crippen molar-refractivity contribution in [1.82, 2.24) is 0 Å². The summed E-state index contributed by atoms with van der Waals surface area (Å²) in [4.78, 5) is 10.3. The molecule has 3 N–H and O–H groups in total. The fourth-order valence-corrected chi connectivity index (χ4v) is 0.354. The third-order valence-corrected chi connectivity index (χ3v) is 0.862. The molecule has 0 aromatic rings. The van der Waals surface area contributed by atoms with Crippen molar-refractivity contribution in [2.45, 2.75) is 19.8 Å². The van der Waals surface area contributed by atoms with Crippen LogP contribution in [0.25, 0.3) is 0 Å². The Hall–Kier alpha value is -1.06. The first-order chi connectivity index (χ1) is 4.16. The van der Waals surface area contributed by atoms with Gasteiger partial charge in [-0.15, -0.1) is 0 Å². The van der Waals surface area contributed by atoms with E-state index in [1.165, 1.54) is 6.92 Å². The van der Waals surface area contributed by atoms with Crippen LogP contribution in [-0.4, -0.2) is 16.8 Å². The molecule has 0 aliphatic carbocycles. The van der Waals surface area contributed by atoms with Crippen LogP contribution in [0.5, 0.6) is 0 Å². The molecule has 0 fully saturated rings.